The molecule has 8 heteroatoms. The van der Waals surface area contributed by atoms with E-state index in [1.165, 1.54) is 17.0 Å². The van der Waals surface area contributed by atoms with Crippen molar-refractivity contribution in [2.75, 3.05) is 38.0 Å². The van der Waals surface area contributed by atoms with Gasteiger partial charge in [0, 0.05) is 37.2 Å². The zero-order chi connectivity index (χ0) is 19.3. The summed E-state index contributed by atoms with van der Waals surface area (Å²) in [6.07, 6.45) is 0. The molecule has 0 spiro atoms. The highest BCUT2D eigenvalue weighted by Gasteiger charge is 2.20. The Hall–Kier alpha value is -2.13. The van der Waals surface area contributed by atoms with Crippen LogP contribution in [-0.4, -0.2) is 53.4 Å². The highest BCUT2D eigenvalue weighted by Crippen LogP contribution is 2.26. The third-order valence-electron chi connectivity index (χ3n) is 4.62. The minimum Gasteiger partial charge on any atom is -0.325 e. The second-order valence-electron chi connectivity index (χ2n) is 6.71. The van der Waals surface area contributed by atoms with Gasteiger partial charge in [-0.15, -0.1) is 22.7 Å². The third-order valence-corrected chi connectivity index (χ3v) is 6.35. The van der Waals surface area contributed by atoms with Gasteiger partial charge in [-0.1, -0.05) is 12.1 Å². The maximum absolute atomic E-state index is 13.2. The number of thiazole rings is 1. The van der Waals surface area contributed by atoms with Gasteiger partial charge >= 0.3 is 0 Å². The molecule has 146 valence electrons. The van der Waals surface area contributed by atoms with Crippen LogP contribution < -0.4 is 5.32 Å². The summed E-state index contributed by atoms with van der Waals surface area (Å²) in [4.78, 5) is 22.6. The minimum atomic E-state index is -0.351. The van der Waals surface area contributed by atoms with E-state index in [0.717, 1.165) is 43.4 Å². The Morgan fingerprint density at radius 2 is 1.93 bits per heavy atom. The summed E-state index contributed by atoms with van der Waals surface area (Å²) in [5.74, 6) is -0.463. The number of hydrogen-bond acceptors (Lipinski definition) is 6. The molecule has 4 rings (SSSR count). The first-order valence-electron chi connectivity index (χ1n) is 9.14. The Bertz CT molecular complexity index is 920. The van der Waals surface area contributed by atoms with Crippen LogP contribution in [0, 0.1) is 5.82 Å². The SMILES string of the molecule is O=C(CN1CCN(Cc2nc(-c3cccs3)cs2)CC1)Nc1cccc(F)c1. The van der Waals surface area contributed by atoms with E-state index in [1.54, 1.807) is 34.8 Å². The molecule has 1 aliphatic heterocycles. The minimum absolute atomic E-state index is 0.112. The van der Waals surface area contributed by atoms with E-state index in [0.29, 0.717) is 12.2 Å². The van der Waals surface area contributed by atoms with Crippen LogP contribution in [0.15, 0.2) is 47.2 Å². The van der Waals surface area contributed by atoms with Gasteiger partial charge in [-0.05, 0) is 29.6 Å². The van der Waals surface area contributed by atoms with Crippen LogP contribution in [-0.2, 0) is 11.3 Å². The summed E-state index contributed by atoms with van der Waals surface area (Å²) in [5, 5.41) is 8.07. The maximum Gasteiger partial charge on any atom is 0.238 e. The second kappa shape index (κ2) is 8.91. The van der Waals surface area contributed by atoms with E-state index in [1.807, 2.05) is 6.07 Å². The van der Waals surface area contributed by atoms with E-state index in [9.17, 15) is 9.18 Å². The Morgan fingerprint density at radius 1 is 1.11 bits per heavy atom. The second-order valence-corrected chi connectivity index (χ2v) is 8.60. The molecule has 0 atom stereocenters. The molecule has 1 N–H and O–H groups in total. The number of rotatable bonds is 6. The molecule has 5 nitrogen and oxygen atoms in total. The molecule has 1 aliphatic rings. The summed E-state index contributed by atoms with van der Waals surface area (Å²) < 4.78 is 13.2. The maximum atomic E-state index is 13.2. The molecule has 1 fully saturated rings. The van der Waals surface area contributed by atoms with Gasteiger partial charge in [0.2, 0.25) is 5.91 Å². The predicted octanol–water partition coefficient (Wildman–Crippen LogP) is 3.77. The number of benzene rings is 1. The average Bonchev–Trinajstić information content (AvgIpc) is 3.35. The molecule has 0 saturated carbocycles. The number of aromatic nitrogens is 1. The van der Waals surface area contributed by atoms with Crippen molar-refractivity contribution >= 4 is 34.3 Å². The molecule has 1 aromatic carbocycles. The highest BCUT2D eigenvalue weighted by molar-refractivity contribution is 7.14. The third kappa shape index (κ3) is 5.02. The van der Waals surface area contributed by atoms with Gasteiger partial charge in [-0.2, -0.15) is 0 Å². The van der Waals surface area contributed by atoms with Crippen LogP contribution in [0.3, 0.4) is 0 Å². The van der Waals surface area contributed by atoms with Gasteiger partial charge in [-0.3, -0.25) is 14.6 Å². The lowest BCUT2D eigenvalue weighted by Crippen LogP contribution is -2.48. The first kappa shape index (κ1) is 19.2. The normalized spacial score (nSPS) is 15.6. The molecular weight excluding hydrogens is 395 g/mol. The van der Waals surface area contributed by atoms with E-state index >= 15 is 0 Å². The molecule has 0 aliphatic carbocycles. The number of thiophene rings is 1. The van der Waals surface area contributed by atoms with Gasteiger partial charge in [0.1, 0.15) is 10.8 Å². The number of halogens is 1. The topological polar surface area (TPSA) is 48.5 Å². The van der Waals surface area contributed by atoms with Gasteiger partial charge < -0.3 is 5.32 Å². The molecule has 1 amide bonds. The lowest BCUT2D eigenvalue weighted by molar-refractivity contribution is -0.117. The number of nitrogens with zero attached hydrogens (tertiary/aromatic N) is 3. The Morgan fingerprint density at radius 3 is 2.68 bits per heavy atom. The van der Waals surface area contributed by atoms with Crippen molar-refractivity contribution in [3.8, 4) is 10.6 Å². The molecule has 0 radical (unpaired) electrons. The van der Waals surface area contributed by atoms with Crippen LogP contribution in [0.25, 0.3) is 10.6 Å². The van der Waals surface area contributed by atoms with Crippen LogP contribution in [0.5, 0.6) is 0 Å². The zero-order valence-electron chi connectivity index (χ0n) is 15.3. The van der Waals surface area contributed by atoms with Crippen molar-refractivity contribution in [3.63, 3.8) is 0 Å². The van der Waals surface area contributed by atoms with Gasteiger partial charge in [0.25, 0.3) is 0 Å². The fourth-order valence-electron chi connectivity index (χ4n) is 3.19. The van der Waals surface area contributed by atoms with Crippen LogP contribution in [0.2, 0.25) is 0 Å². The fraction of sp³-hybridized carbons (Fsp3) is 0.300. The van der Waals surface area contributed by atoms with Crippen molar-refractivity contribution in [2.24, 2.45) is 0 Å². The lowest BCUT2D eigenvalue weighted by atomic mass is 10.3. The molecule has 1 saturated heterocycles. The number of carbonyl (C=O) groups is 1. The number of amides is 1. The summed E-state index contributed by atoms with van der Waals surface area (Å²) in [6.45, 7) is 4.64. The van der Waals surface area contributed by atoms with Gasteiger partial charge in [-0.25, -0.2) is 9.37 Å². The summed E-state index contributed by atoms with van der Waals surface area (Å²) in [6, 6.07) is 10.1. The predicted molar refractivity (Wildman–Crippen MR) is 112 cm³/mol. The molecule has 28 heavy (non-hydrogen) atoms. The van der Waals surface area contributed by atoms with Crippen molar-refractivity contribution in [2.45, 2.75) is 6.54 Å². The molecule has 0 unspecified atom stereocenters. The van der Waals surface area contributed by atoms with E-state index in [2.05, 4.69) is 31.9 Å². The number of carbonyl (C=O) groups excluding carboxylic acids is 1. The first-order chi connectivity index (χ1) is 13.7. The molecular formula is C20H21FN4OS2. The van der Waals surface area contributed by atoms with Crippen molar-refractivity contribution in [1.82, 2.24) is 14.8 Å². The molecule has 3 heterocycles. The molecule has 0 bridgehead atoms. The Labute approximate surface area is 171 Å². The summed E-state index contributed by atoms with van der Waals surface area (Å²) >= 11 is 3.41. The lowest BCUT2D eigenvalue weighted by Gasteiger charge is -2.33. The van der Waals surface area contributed by atoms with E-state index in [-0.39, 0.29) is 11.7 Å². The van der Waals surface area contributed by atoms with Gasteiger partial charge in [0.05, 0.1) is 23.7 Å². The molecule has 3 aromatic rings. The van der Waals surface area contributed by atoms with E-state index in [4.69, 9.17) is 4.98 Å². The van der Waals surface area contributed by atoms with Crippen molar-refractivity contribution in [1.29, 1.82) is 0 Å². The van der Waals surface area contributed by atoms with Crippen LogP contribution in [0.1, 0.15) is 5.01 Å². The highest BCUT2D eigenvalue weighted by atomic mass is 32.1. The standard InChI is InChI=1S/C20H21FN4OS2/c21-15-3-1-4-16(11-15)22-19(26)12-24-6-8-25(9-7-24)13-20-23-17(14-28-20)18-5-2-10-27-18/h1-5,10-11,14H,6-9,12-13H2,(H,22,26). The summed E-state index contributed by atoms with van der Waals surface area (Å²) in [7, 11) is 0. The Kier molecular flexibility index (Phi) is 6.11. The monoisotopic (exact) mass is 416 g/mol. The van der Waals surface area contributed by atoms with E-state index < -0.39 is 0 Å². The average molecular weight is 417 g/mol. The van der Waals surface area contributed by atoms with Crippen LogP contribution in [0.4, 0.5) is 10.1 Å². The molecule has 2 aromatic heterocycles. The number of nitrogens with one attached hydrogen (secondary N) is 1. The van der Waals surface area contributed by atoms with Crippen LogP contribution >= 0.6 is 22.7 Å². The van der Waals surface area contributed by atoms with Crippen molar-refractivity contribution < 1.29 is 9.18 Å². The zero-order valence-corrected chi connectivity index (χ0v) is 16.9. The van der Waals surface area contributed by atoms with Gasteiger partial charge in [0.15, 0.2) is 0 Å². The smallest absolute Gasteiger partial charge is 0.238 e. The largest absolute Gasteiger partial charge is 0.325 e. The summed E-state index contributed by atoms with van der Waals surface area (Å²) in [5.41, 5.74) is 1.55. The number of anilines is 1. The Balaban J connectivity index is 1.23. The first-order valence-corrected chi connectivity index (χ1v) is 10.9. The quantitative estimate of drug-likeness (QED) is 0.665. The fourth-order valence-corrected chi connectivity index (χ4v) is 4.78. The number of piperazine rings is 1. The van der Waals surface area contributed by atoms with Crippen molar-refractivity contribution in [3.05, 3.63) is 58.0 Å². The number of hydrogen-bond donors (Lipinski definition) is 1.